The van der Waals surface area contributed by atoms with E-state index in [2.05, 4.69) is 20.8 Å². The van der Waals surface area contributed by atoms with Gasteiger partial charge >= 0.3 is 5.97 Å². The van der Waals surface area contributed by atoms with Gasteiger partial charge in [0.25, 0.3) is 0 Å². The molecule has 4 fully saturated rings. The molecule has 0 aromatic rings. The van der Waals surface area contributed by atoms with Crippen LogP contribution >= 0.6 is 0 Å². The number of carbonyl (C=O) groups excluding carboxylic acids is 1. The summed E-state index contributed by atoms with van der Waals surface area (Å²) < 4.78 is 5.86. The van der Waals surface area contributed by atoms with Crippen molar-refractivity contribution in [3.63, 3.8) is 0 Å². The van der Waals surface area contributed by atoms with E-state index in [1.165, 1.54) is 0 Å². The standard InChI is InChI=1S/C27H47NO6/c1-14(23(31)24(32)15(2)28(5)6)17-7-8-18-16-13-34-25(33)20-11-21(29)22(30)12-27(20,4)19(16)9-10-26(17,18)3/h14-24,29-32H,7-13H2,1-6H3/t14-,15+,16-,17+,18-,19-,20+,21-,22+,23+,24+,26+,27+/m0/s1. The Bertz CT molecular complexity index is 761. The van der Waals surface area contributed by atoms with E-state index in [4.69, 9.17) is 4.74 Å². The second kappa shape index (κ2) is 9.29. The van der Waals surface area contributed by atoms with Gasteiger partial charge in [0.1, 0.15) is 0 Å². The summed E-state index contributed by atoms with van der Waals surface area (Å²) in [5.74, 6) is 0.532. The van der Waals surface area contributed by atoms with Crippen molar-refractivity contribution in [2.45, 2.75) is 96.7 Å². The third-order valence-corrected chi connectivity index (χ3v) is 11.3. The number of carbonyl (C=O) groups is 1. The van der Waals surface area contributed by atoms with Crippen molar-refractivity contribution in [1.29, 1.82) is 0 Å². The van der Waals surface area contributed by atoms with Crippen LogP contribution in [0.3, 0.4) is 0 Å². The number of rotatable bonds is 5. The van der Waals surface area contributed by atoms with Crippen LogP contribution in [-0.2, 0) is 9.53 Å². The molecule has 0 bridgehead atoms. The highest BCUT2D eigenvalue weighted by Crippen LogP contribution is 2.66. The minimum absolute atomic E-state index is 0.0119. The first-order valence-electron chi connectivity index (χ1n) is 13.4. The number of hydrogen-bond acceptors (Lipinski definition) is 7. The molecule has 0 radical (unpaired) electrons. The van der Waals surface area contributed by atoms with Crippen molar-refractivity contribution >= 4 is 5.97 Å². The first kappa shape index (κ1) is 26.3. The maximum Gasteiger partial charge on any atom is 0.309 e. The van der Waals surface area contributed by atoms with Gasteiger partial charge in [-0.1, -0.05) is 20.8 Å². The number of aliphatic hydroxyl groups excluding tert-OH is 4. The van der Waals surface area contributed by atoms with Gasteiger partial charge in [0, 0.05) is 6.04 Å². The third kappa shape index (κ3) is 4.03. The molecule has 0 aromatic carbocycles. The van der Waals surface area contributed by atoms with Gasteiger partial charge in [-0.25, -0.2) is 0 Å². The quantitative estimate of drug-likeness (QED) is 0.445. The zero-order valence-corrected chi connectivity index (χ0v) is 21.9. The van der Waals surface area contributed by atoms with Crippen molar-refractivity contribution in [3.05, 3.63) is 0 Å². The molecule has 1 heterocycles. The molecule has 4 aliphatic rings. The van der Waals surface area contributed by atoms with Gasteiger partial charge in [-0.3, -0.25) is 4.79 Å². The third-order valence-electron chi connectivity index (χ3n) is 11.3. The van der Waals surface area contributed by atoms with Crippen molar-refractivity contribution in [2.75, 3.05) is 20.7 Å². The second-order valence-electron chi connectivity index (χ2n) is 12.9. The van der Waals surface area contributed by atoms with Crippen LogP contribution in [0.5, 0.6) is 0 Å². The van der Waals surface area contributed by atoms with E-state index < -0.39 is 24.4 Å². The van der Waals surface area contributed by atoms with E-state index in [0.29, 0.717) is 24.9 Å². The highest BCUT2D eigenvalue weighted by atomic mass is 16.5. The number of aliphatic hydroxyl groups is 4. The zero-order chi connectivity index (χ0) is 25.2. The molecule has 4 rings (SSSR count). The molecule has 0 spiro atoms. The molecule has 3 aliphatic carbocycles. The van der Waals surface area contributed by atoms with Crippen LogP contribution in [0, 0.1) is 46.3 Å². The molecule has 34 heavy (non-hydrogen) atoms. The second-order valence-corrected chi connectivity index (χ2v) is 12.9. The molecule has 4 N–H and O–H groups in total. The van der Waals surface area contributed by atoms with E-state index in [0.717, 1.165) is 25.7 Å². The number of nitrogens with zero attached hydrogens (tertiary/aromatic N) is 1. The number of esters is 1. The first-order valence-corrected chi connectivity index (χ1v) is 13.4. The molecule has 0 aromatic heterocycles. The minimum atomic E-state index is -0.870. The van der Waals surface area contributed by atoms with Crippen molar-refractivity contribution in [2.24, 2.45) is 46.3 Å². The van der Waals surface area contributed by atoms with Gasteiger partial charge in [-0.15, -0.1) is 0 Å². The number of fused-ring (bicyclic) bond motifs is 5. The highest BCUT2D eigenvalue weighted by Gasteiger charge is 2.63. The van der Waals surface area contributed by atoms with Crippen molar-refractivity contribution in [3.8, 4) is 0 Å². The van der Waals surface area contributed by atoms with Crippen LogP contribution in [0.25, 0.3) is 0 Å². The van der Waals surface area contributed by atoms with Crippen molar-refractivity contribution in [1.82, 2.24) is 4.90 Å². The molecular formula is C27H47NO6. The highest BCUT2D eigenvalue weighted by molar-refractivity contribution is 5.74. The molecular weight excluding hydrogens is 434 g/mol. The molecule has 3 saturated carbocycles. The van der Waals surface area contributed by atoms with Crippen LogP contribution in [0.4, 0.5) is 0 Å². The summed E-state index contributed by atoms with van der Waals surface area (Å²) in [5.41, 5.74) is -0.364. The van der Waals surface area contributed by atoms with E-state index in [1.807, 2.05) is 25.9 Å². The van der Waals surface area contributed by atoms with Crippen LogP contribution in [0.2, 0.25) is 0 Å². The lowest BCUT2D eigenvalue weighted by molar-refractivity contribution is -0.162. The monoisotopic (exact) mass is 481 g/mol. The predicted octanol–water partition coefficient (Wildman–Crippen LogP) is 2.05. The number of cyclic esters (lactones) is 1. The Morgan fingerprint density at radius 3 is 2.26 bits per heavy atom. The maximum absolute atomic E-state index is 13.0. The number of ether oxygens (including phenoxy) is 1. The SMILES string of the molecule is C[C@H]([C@@H](O)[C@H](O)[C@@H](C)N(C)C)[C@H]1CC[C@H]2[C@@H]3COC(=O)[C@H]4C[C@H](O)[C@H](O)C[C@]4(C)[C@H]3CC[C@]12C. The first-order chi connectivity index (χ1) is 15.8. The van der Waals surface area contributed by atoms with E-state index in [9.17, 15) is 25.2 Å². The average Bonchev–Trinajstić information content (AvgIpc) is 3.09. The van der Waals surface area contributed by atoms with Gasteiger partial charge in [0.05, 0.1) is 36.9 Å². The average molecular weight is 482 g/mol. The summed E-state index contributed by atoms with van der Waals surface area (Å²) in [7, 11) is 3.84. The number of likely N-dealkylation sites (N-methyl/N-ethyl adjacent to an activating group) is 1. The fraction of sp³-hybridized carbons (Fsp3) is 0.963. The lowest BCUT2D eigenvalue weighted by atomic mass is 9.48. The summed E-state index contributed by atoms with van der Waals surface area (Å²) in [5, 5.41) is 42.8. The molecule has 1 saturated heterocycles. The lowest BCUT2D eigenvalue weighted by Crippen LogP contribution is -2.55. The smallest absolute Gasteiger partial charge is 0.309 e. The number of hydrogen-bond donors (Lipinski definition) is 4. The van der Waals surface area contributed by atoms with Crippen LogP contribution in [-0.4, -0.2) is 82.5 Å². The summed E-state index contributed by atoms with van der Waals surface area (Å²) in [4.78, 5) is 14.9. The van der Waals surface area contributed by atoms with Gasteiger partial charge in [0.15, 0.2) is 0 Å². The molecule has 7 heteroatoms. The normalized spacial score (nSPS) is 48.1. The molecule has 0 amide bonds. The fourth-order valence-electron chi connectivity index (χ4n) is 8.83. The summed E-state index contributed by atoms with van der Waals surface area (Å²) in [6, 6.07) is -0.135. The Kier molecular flexibility index (Phi) is 7.20. The molecule has 1 aliphatic heterocycles. The van der Waals surface area contributed by atoms with Crippen LogP contribution < -0.4 is 0 Å². The largest absolute Gasteiger partial charge is 0.465 e. The summed E-state index contributed by atoms with van der Waals surface area (Å²) >= 11 is 0. The summed E-state index contributed by atoms with van der Waals surface area (Å²) in [6.07, 6.45) is 1.44. The Morgan fingerprint density at radius 2 is 1.62 bits per heavy atom. The van der Waals surface area contributed by atoms with Crippen LogP contribution in [0.1, 0.15) is 66.2 Å². The summed E-state index contributed by atoms with van der Waals surface area (Å²) in [6.45, 7) is 8.92. The lowest BCUT2D eigenvalue weighted by Gasteiger charge is -2.56. The topological polar surface area (TPSA) is 110 Å². The van der Waals surface area contributed by atoms with E-state index in [-0.39, 0.29) is 52.9 Å². The molecule has 0 unspecified atom stereocenters. The Balaban J connectivity index is 1.58. The zero-order valence-electron chi connectivity index (χ0n) is 21.9. The van der Waals surface area contributed by atoms with Crippen LogP contribution in [0.15, 0.2) is 0 Å². The minimum Gasteiger partial charge on any atom is -0.465 e. The molecule has 196 valence electrons. The molecule has 7 nitrogen and oxygen atoms in total. The van der Waals surface area contributed by atoms with Gasteiger partial charge in [0.2, 0.25) is 0 Å². The maximum atomic E-state index is 13.0. The van der Waals surface area contributed by atoms with Gasteiger partial charge in [-0.05, 0) is 100.0 Å². The Morgan fingerprint density at radius 1 is 0.971 bits per heavy atom. The predicted molar refractivity (Wildman–Crippen MR) is 129 cm³/mol. The fourth-order valence-corrected chi connectivity index (χ4v) is 8.83. The Hall–Kier alpha value is -0.730. The Labute approximate surface area is 204 Å². The van der Waals surface area contributed by atoms with Gasteiger partial charge < -0.3 is 30.1 Å². The van der Waals surface area contributed by atoms with Crippen molar-refractivity contribution < 1.29 is 30.0 Å². The van der Waals surface area contributed by atoms with Gasteiger partial charge in [-0.2, -0.15) is 0 Å². The van der Waals surface area contributed by atoms with E-state index in [1.54, 1.807) is 0 Å². The van der Waals surface area contributed by atoms with E-state index >= 15 is 0 Å². The molecule has 13 atom stereocenters.